The number of aliphatic hydroxyl groups excluding tert-OH is 1. The molecule has 0 aliphatic carbocycles. The number of phenolic OH excluding ortho intramolecular Hbond substituents is 1. The van der Waals surface area contributed by atoms with Crippen LogP contribution in [-0.4, -0.2) is 10.2 Å². The summed E-state index contributed by atoms with van der Waals surface area (Å²) < 4.78 is 0. The van der Waals surface area contributed by atoms with Crippen molar-refractivity contribution in [2.45, 2.75) is 27.2 Å². The van der Waals surface area contributed by atoms with Crippen molar-refractivity contribution >= 4 is 5.57 Å². The molecule has 0 spiro atoms. The molecule has 0 unspecified atom stereocenters. The number of rotatable bonds is 4. The second-order valence-electron chi connectivity index (χ2n) is 4.56. The average molecular weight is 244 g/mol. The van der Waals surface area contributed by atoms with Crippen LogP contribution in [0.15, 0.2) is 48.3 Å². The lowest BCUT2D eigenvalue weighted by Crippen LogP contribution is -1.94. The molecule has 0 bridgehead atoms. The van der Waals surface area contributed by atoms with E-state index in [1.807, 2.05) is 26.0 Å². The van der Waals surface area contributed by atoms with Crippen molar-refractivity contribution in [1.82, 2.24) is 0 Å². The Morgan fingerprint density at radius 1 is 1.28 bits per heavy atom. The summed E-state index contributed by atoms with van der Waals surface area (Å²) in [6.45, 7) is 9.35. The Morgan fingerprint density at radius 3 is 2.44 bits per heavy atom. The molecule has 0 aliphatic rings. The van der Waals surface area contributed by atoms with E-state index in [-0.39, 0.29) is 11.5 Å². The van der Waals surface area contributed by atoms with Crippen LogP contribution in [0, 0.1) is 0 Å². The second-order valence-corrected chi connectivity index (χ2v) is 4.56. The second kappa shape index (κ2) is 6.10. The first-order valence-corrected chi connectivity index (χ1v) is 5.93. The van der Waals surface area contributed by atoms with Gasteiger partial charge in [0.05, 0.1) is 5.76 Å². The van der Waals surface area contributed by atoms with Gasteiger partial charge in [0.1, 0.15) is 5.75 Å². The molecule has 0 aromatic heterocycles. The molecule has 2 heteroatoms. The monoisotopic (exact) mass is 244 g/mol. The summed E-state index contributed by atoms with van der Waals surface area (Å²) >= 11 is 0. The Kier molecular flexibility index (Phi) is 4.78. The van der Waals surface area contributed by atoms with Crippen LogP contribution < -0.4 is 0 Å². The fraction of sp³-hybridized carbons (Fsp3) is 0.250. The molecule has 1 aromatic carbocycles. The highest BCUT2D eigenvalue weighted by Gasteiger charge is 2.09. The molecule has 0 fully saturated rings. The van der Waals surface area contributed by atoms with Gasteiger partial charge in [-0.1, -0.05) is 23.8 Å². The number of aliphatic hydroxyl groups is 1. The van der Waals surface area contributed by atoms with Crippen molar-refractivity contribution < 1.29 is 10.2 Å². The molecule has 0 aliphatic heterocycles. The van der Waals surface area contributed by atoms with E-state index in [0.29, 0.717) is 6.42 Å². The maximum atomic E-state index is 9.82. The lowest BCUT2D eigenvalue weighted by atomic mass is 9.95. The summed E-state index contributed by atoms with van der Waals surface area (Å²) in [6, 6.07) is 5.16. The van der Waals surface area contributed by atoms with Crippen LogP contribution in [0.3, 0.4) is 0 Å². The third kappa shape index (κ3) is 3.52. The van der Waals surface area contributed by atoms with Crippen molar-refractivity contribution in [3.8, 4) is 5.75 Å². The van der Waals surface area contributed by atoms with Gasteiger partial charge in [-0.15, -0.1) is 6.58 Å². The summed E-state index contributed by atoms with van der Waals surface area (Å²) in [4.78, 5) is 0. The molecule has 0 radical (unpaired) electrons. The number of hydrogen-bond donors (Lipinski definition) is 2. The Bertz CT molecular complexity index is 500. The highest BCUT2D eigenvalue weighted by Crippen LogP contribution is 2.27. The van der Waals surface area contributed by atoms with Crippen LogP contribution in [0.25, 0.3) is 5.57 Å². The molecule has 0 amide bonds. The fourth-order valence-corrected chi connectivity index (χ4v) is 1.83. The van der Waals surface area contributed by atoms with Crippen LogP contribution in [0.4, 0.5) is 0 Å². The van der Waals surface area contributed by atoms with Crippen molar-refractivity contribution in [3.63, 3.8) is 0 Å². The Morgan fingerprint density at radius 2 is 1.94 bits per heavy atom. The largest absolute Gasteiger partial charge is 0.512 e. The minimum absolute atomic E-state index is 0.225. The Labute approximate surface area is 109 Å². The number of hydrogen-bond acceptors (Lipinski definition) is 2. The minimum atomic E-state index is 0.225. The number of aromatic hydroxyl groups is 1. The Hall–Kier alpha value is -1.96. The average Bonchev–Trinajstić information content (AvgIpc) is 2.26. The molecule has 18 heavy (non-hydrogen) atoms. The van der Waals surface area contributed by atoms with Crippen LogP contribution in [-0.2, 0) is 6.42 Å². The zero-order valence-corrected chi connectivity index (χ0v) is 11.2. The normalized spacial score (nSPS) is 11.7. The van der Waals surface area contributed by atoms with Crippen molar-refractivity contribution in [2.75, 3.05) is 0 Å². The third-order valence-electron chi connectivity index (χ3n) is 2.57. The minimum Gasteiger partial charge on any atom is -0.512 e. The van der Waals surface area contributed by atoms with E-state index in [4.69, 9.17) is 0 Å². The van der Waals surface area contributed by atoms with Gasteiger partial charge < -0.3 is 10.2 Å². The number of allylic oxidation sites excluding steroid dienone is 5. The van der Waals surface area contributed by atoms with Gasteiger partial charge >= 0.3 is 0 Å². The molecule has 0 atom stereocenters. The van der Waals surface area contributed by atoms with E-state index in [1.165, 1.54) is 0 Å². The first kappa shape index (κ1) is 14.1. The summed E-state index contributed by atoms with van der Waals surface area (Å²) in [5, 5.41) is 19.4. The SMILES string of the molecule is C=CCc1cc(O)ccc1/C(C=C(C)C)=C(/C)O. The first-order chi connectivity index (χ1) is 8.45. The molecule has 0 saturated heterocycles. The Balaban J connectivity index is 3.42. The lowest BCUT2D eigenvalue weighted by molar-refractivity contribution is 0.417. The molecule has 0 heterocycles. The van der Waals surface area contributed by atoms with E-state index in [9.17, 15) is 10.2 Å². The summed E-state index contributed by atoms with van der Waals surface area (Å²) in [5.41, 5.74) is 3.77. The summed E-state index contributed by atoms with van der Waals surface area (Å²) in [5.74, 6) is 0.495. The zero-order chi connectivity index (χ0) is 13.7. The van der Waals surface area contributed by atoms with Gasteiger partial charge in [-0.05, 0) is 50.5 Å². The van der Waals surface area contributed by atoms with E-state index in [2.05, 4.69) is 6.58 Å². The smallest absolute Gasteiger partial charge is 0.115 e. The fourth-order valence-electron chi connectivity index (χ4n) is 1.83. The van der Waals surface area contributed by atoms with Crippen LogP contribution in [0.2, 0.25) is 0 Å². The van der Waals surface area contributed by atoms with Gasteiger partial charge in [0, 0.05) is 5.57 Å². The molecule has 2 nitrogen and oxygen atoms in total. The van der Waals surface area contributed by atoms with Crippen LogP contribution in [0.5, 0.6) is 5.75 Å². The van der Waals surface area contributed by atoms with Crippen LogP contribution in [0.1, 0.15) is 31.9 Å². The van der Waals surface area contributed by atoms with Gasteiger partial charge in [-0.2, -0.15) is 0 Å². The van der Waals surface area contributed by atoms with Gasteiger partial charge in [0.15, 0.2) is 0 Å². The van der Waals surface area contributed by atoms with Crippen molar-refractivity contribution in [1.29, 1.82) is 0 Å². The molecule has 0 saturated carbocycles. The molecule has 1 rings (SSSR count). The molecular weight excluding hydrogens is 224 g/mol. The van der Waals surface area contributed by atoms with Crippen molar-refractivity contribution in [3.05, 3.63) is 59.4 Å². The summed E-state index contributed by atoms with van der Waals surface area (Å²) in [7, 11) is 0. The maximum absolute atomic E-state index is 9.82. The van der Waals surface area contributed by atoms with Gasteiger partial charge in [-0.3, -0.25) is 0 Å². The van der Waals surface area contributed by atoms with Crippen molar-refractivity contribution in [2.24, 2.45) is 0 Å². The van der Waals surface area contributed by atoms with Gasteiger partial charge in [0.25, 0.3) is 0 Å². The topological polar surface area (TPSA) is 40.5 Å². The standard InChI is InChI=1S/C16H20O2/c1-5-6-13-10-14(18)7-8-15(13)16(12(4)17)9-11(2)3/h5,7-10,17-18H,1,6H2,2-4H3/b16-12-. The van der Waals surface area contributed by atoms with E-state index in [0.717, 1.165) is 22.3 Å². The van der Waals surface area contributed by atoms with E-state index in [1.54, 1.807) is 25.1 Å². The lowest BCUT2D eigenvalue weighted by Gasteiger charge is -2.11. The summed E-state index contributed by atoms with van der Waals surface area (Å²) in [6.07, 6.45) is 4.37. The molecule has 2 N–H and O–H groups in total. The predicted octanol–water partition coefficient (Wildman–Crippen LogP) is 4.38. The number of phenols is 1. The van der Waals surface area contributed by atoms with E-state index < -0.39 is 0 Å². The maximum Gasteiger partial charge on any atom is 0.115 e. The number of benzene rings is 1. The quantitative estimate of drug-likeness (QED) is 0.469. The predicted molar refractivity (Wildman–Crippen MR) is 76.7 cm³/mol. The van der Waals surface area contributed by atoms with Gasteiger partial charge in [0.2, 0.25) is 0 Å². The first-order valence-electron chi connectivity index (χ1n) is 5.93. The highest BCUT2D eigenvalue weighted by molar-refractivity contribution is 5.78. The van der Waals surface area contributed by atoms with Crippen LogP contribution >= 0.6 is 0 Å². The molecular formula is C16H20O2. The zero-order valence-electron chi connectivity index (χ0n) is 11.2. The van der Waals surface area contributed by atoms with Gasteiger partial charge in [-0.25, -0.2) is 0 Å². The molecule has 1 aromatic rings. The molecule has 96 valence electrons. The van der Waals surface area contributed by atoms with E-state index >= 15 is 0 Å². The third-order valence-corrected chi connectivity index (χ3v) is 2.57. The highest BCUT2D eigenvalue weighted by atomic mass is 16.3.